The minimum atomic E-state index is -0.632. The van der Waals surface area contributed by atoms with Crippen LogP contribution >= 0.6 is 0 Å². The average molecular weight is 507 g/mol. The lowest BCUT2D eigenvalue weighted by Gasteiger charge is -2.40. The van der Waals surface area contributed by atoms with Gasteiger partial charge in [-0.25, -0.2) is 9.38 Å². The summed E-state index contributed by atoms with van der Waals surface area (Å²) in [5.74, 6) is -1.06. The molecule has 4 rings (SSSR count). The van der Waals surface area contributed by atoms with E-state index in [0.717, 1.165) is 16.7 Å². The highest BCUT2D eigenvalue weighted by molar-refractivity contribution is 6.00. The van der Waals surface area contributed by atoms with Gasteiger partial charge < -0.3 is 15.8 Å². The van der Waals surface area contributed by atoms with E-state index in [1.54, 1.807) is 13.2 Å². The molecule has 0 spiro atoms. The molecule has 37 heavy (non-hydrogen) atoms. The molecule has 0 bridgehead atoms. The van der Waals surface area contributed by atoms with Crippen molar-refractivity contribution in [2.75, 3.05) is 13.7 Å². The summed E-state index contributed by atoms with van der Waals surface area (Å²) >= 11 is 0. The van der Waals surface area contributed by atoms with Crippen molar-refractivity contribution < 1.29 is 18.7 Å². The summed E-state index contributed by atoms with van der Waals surface area (Å²) in [6.07, 6.45) is 2.64. The third-order valence-corrected chi connectivity index (χ3v) is 7.61. The lowest BCUT2D eigenvalue weighted by molar-refractivity contribution is -0.131. The number of hydrogen-bond acceptors (Lipinski definition) is 5. The molecule has 1 aliphatic heterocycles. The highest BCUT2D eigenvalue weighted by Gasteiger charge is 2.40. The highest BCUT2D eigenvalue weighted by Crippen LogP contribution is 2.36. The third-order valence-electron chi connectivity index (χ3n) is 7.61. The molecule has 8 heteroatoms. The van der Waals surface area contributed by atoms with Crippen LogP contribution < -0.4 is 11.1 Å². The maximum Gasteiger partial charge on any atom is 0.252 e. The van der Waals surface area contributed by atoms with Gasteiger partial charge in [0.25, 0.3) is 5.91 Å². The number of hydrogen-bond donors (Lipinski definition) is 2. The average Bonchev–Trinajstić information content (AvgIpc) is 3.19. The number of carbonyl (C=O) groups is 2. The molecule has 2 aromatic rings. The number of aliphatic imine (C=N–C) groups is 1. The fourth-order valence-electron chi connectivity index (χ4n) is 5.37. The van der Waals surface area contributed by atoms with E-state index in [-0.39, 0.29) is 29.9 Å². The second kappa shape index (κ2) is 10.8. The molecule has 0 saturated carbocycles. The molecule has 1 heterocycles. The number of benzene rings is 2. The predicted molar refractivity (Wildman–Crippen MR) is 142 cm³/mol. The van der Waals surface area contributed by atoms with Crippen LogP contribution in [0.15, 0.2) is 59.6 Å². The lowest BCUT2D eigenvalue weighted by Crippen LogP contribution is -2.52. The number of guanidine groups is 1. The van der Waals surface area contributed by atoms with Crippen LogP contribution in [-0.4, -0.2) is 41.9 Å². The molecule has 1 aliphatic carbocycles. The van der Waals surface area contributed by atoms with Gasteiger partial charge in [0.2, 0.25) is 5.91 Å². The maximum atomic E-state index is 14.9. The molecule has 0 fully saturated rings. The van der Waals surface area contributed by atoms with Gasteiger partial charge in [-0.3, -0.25) is 14.5 Å². The Labute approximate surface area is 217 Å². The zero-order valence-corrected chi connectivity index (χ0v) is 21.7. The maximum absolute atomic E-state index is 14.9. The van der Waals surface area contributed by atoms with Crippen molar-refractivity contribution >= 4 is 17.8 Å². The second-order valence-electron chi connectivity index (χ2n) is 9.85. The van der Waals surface area contributed by atoms with Crippen molar-refractivity contribution in [3.8, 4) is 0 Å². The van der Waals surface area contributed by atoms with Crippen LogP contribution in [0.25, 0.3) is 0 Å². The Morgan fingerprint density at radius 2 is 2.03 bits per heavy atom. The number of nitrogens with two attached hydrogens (primary N) is 1. The Hall–Kier alpha value is -3.52. The zero-order valence-electron chi connectivity index (χ0n) is 21.7. The molecule has 0 aromatic heterocycles. The fourth-order valence-corrected chi connectivity index (χ4v) is 5.37. The SMILES string of the molecule is C=C1Cc2ccccc2[C@H]1NC(=O)c1cc(F)cc([C@@H](CCOC)N2C(=O)CC(CC)(CC)N=C2N)c1. The first-order valence-corrected chi connectivity index (χ1v) is 12.7. The van der Waals surface area contributed by atoms with Gasteiger partial charge in [0.05, 0.1) is 24.0 Å². The first kappa shape index (κ1) is 26.5. The molecule has 0 radical (unpaired) electrons. The van der Waals surface area contributed by atoms with Gasteiger partial charge >= 0.3 is 0 Å². The largest absolute Gasteiger partial charge is 0.385 e. The molecule has 0 saturated heterocycles. The van der Waals surface area contributed by atoms with Crippen molar-refractivity contribution in [1.29, 1.82) is 0 Å². The third kappa shape index (κ3) is 5.30. The standard InChI is InChI=1S/C29H35FN4O3/c1-5-29(6-2)17-25(35)34(28(31)33-29)24(11-12-37-4)20-14-21(16-22(30)15-20)27(36)32-26-18(3)13-19-9-7-8-10-23(19)26/h7-10,14-16,24,26H,3,5-6,11-13,17H2,1-2,4H3,(H2,31,33)(H,32,36)/t24-,26+/m1/s1. The van der Waals surface area contributed by atoms with Gasteiger partial charge in [0, 0.05) is 19.3 Å². The first-order valence-electron chi connectivity index (χ1n) is 12.7. The van der Waals surface area contributed by atoms with Gasteiger partial charge in [0.15, 0.2) is 5.96 Å². The van der Waals surface area contributed by atoms with E-state index in [2.05, 4.69) is 11.9 Å². The highest BCUT2D eigenvalue weighted by atomic mass is 19.1. The summed E-state index contributed by atoms with van der Waals surface area (Å²) < 4.78 is 20.2. The number of amides is 2. The van der Waals surface area contributed by atoms with Crippen LogP contribution in [0.4, 0.5) is 4.39 Å². The minimum Gasteiger partial charge on any atom is -0.385 e. The van der Waals surface area contributed by atoms with Gasteiger partial charge in [-0.05, 0) is 66.1 Å². The van der Waals surface area contributed by atoms with Crippen LogP contribution in [-0.2, 0) is 16.0 Å². The van der Waals surface area contributed by atoms with E-state index in [0.29, 0.717) is 37.9 Å². The first-order chi connectivity index (χ1) is 17.7. The van der Waals surface area contributed by atoms with Gasteiger partial charge in [-0.2, -0.15) is 0 Å². The van der Waals surface area contributed by atoms with Gasteiger partial charge in [-0.1, -0.05) is 44.7 Å². The predicted octanol–water partition coefficient (Wildman–Crippen LogP) is 4.59. The monoisotopic (exact) mass is 506 g/mol. The Morgan fingerprint density at radius 3 is 2.70 bits per heavy atom. The Balaban J connectivity index is 1.66. The summed E-state index contributed by atoms with van der Waals surface area (Å²) in [6, 6.07) is 11.0. The summed E-state index contributed by atoms with van der Waals surface area (Å²) in [7, 11) is 1.56. The fraction of sp³-hybridized carbons (Fsp3) is 0.414. The summed E-state index contributed by atoms with van der Waals surface area (Å²) in [4.78, 5) is 32.8. The number of nitrogens with zero attached hydrogens (tertiary/aromatic N) is 2. The van der Waals surface area contributed by atoms with Crippen molar-refractivity contribution in [2.24, 2.45) is 10.7 Å². The van der Waals surface area contributed by atoms with E-state index in [4.69, 9.17) is 15.5 Å². The Kier molecular flexibility index (Phi) is 7.78. The number of halogens is 1. The topological polar surface area (TPSA) is 97.0 Å². The zero-order chi connectivity index (χ0) is 26.7. The van der Waals surface area contributed by atoms with E-state index in [9.17, 15) is 14.0 Å². The Morgan fingerprint density at radius 1 is 1.30 bits per heavy atom. The number of methoxy groups -OCH3 is 1. The van der Waals surface area contributed by atoms with E-state index < -0.39 is 23.3 Å². The molecule has 7 nitrogen and oxygen atoms in total. The smallest absolute Gasteiger partial charge is 0.252 e. The number of ether oxygens (including phenoxy) is 1. The van der Waals surface area contributed by atoms with Crippen LogP contribution in [0.2, 0.25) is 0 Å². The number of nitrogens with one attached hydrogen (secondary N) is 1. The lowest BCUT2D eigenvalue weighted by atomic mass is 9.87. The summed E-state index contributed by atoms with van der Waals surface area (Å²) in [5.41, 5.74) is 9.42. The molecule has 196 valence electrons. The van der Waals surface area contributed by atoms with Crippen molar-refractivity contribution in [3.63, 3.8) is 0 Å². The molecule has 2 aromatic carbocycles. The van der Waals surface area contributed by atoms with Crippen LogP contribution in [0, 0.1) is 5.82 Å². The summed E-state index contributed by atoms with van der Waals surface area (Å²) in [5, 5.41) is 3.00. The molecule has 2 amide bonds. The van der Waals surface area contributed by atoms with Crippen LogP contribution in [0.3, 0.4) is 0 Å². The van der Waals surface area contributed by atoms with Crippen molar-refractivity contribution in [3.05, 3.63) is 82.7 Å². The quantitative estimate of drug-likeness (QED) is 0.486. The summed E-state index contributed by atoms with van der Waals surface area (Å²) in [6.45, 7) is 8.41. The van der Waals surface area contributed by atoms with E-state index >= 15 is 0 Å². The van der Waals surface area contributed by atoms with Crippen molar-refractivity contribution in [1.82, 2.24) is 10.2 Å². The minimum absolute atomic E-state index is 0.107. The van der Waals surface area contributed by atoms with Gasteiger partial charge in [-0.15, -0.1) is 0 Å². The Bertz CT molecular complexity index is 1240. The normalized spacial score (nSPS) is 19.4. The molecular weight excluding hydrogens is 471 g/mol. The van der Waals surface area contributed by atoms with Gasteiger partial charge in [0.1, 0.15) is 5.82 Å². The molecule has 0 unspecified atom stereocenters. The van der Waals surface area contributed by atoms with Crippen LogP contribution in [0.1, 0.15) is 78.7 Å². The molecular formula is C29H35FN4O3. The van der Waals surface area contributed by atoms with Crippen molar-refractivity contribution in [2.45, 2.75) is 63.6 Å². The number of fused-ring (bicyclic) bond motifs is 1. The number of carbonyl (C=O) groups excluding carboxylic acids is 2. The van der Waals surface area contributed by atoms with E-state index in [1.165, 1.54) is 17.0 Å². The molecule has 2 atom stereocenters. The number of rotatable bonds is 9. The molecule has 3 N–H and O–H groups in total. The van der Waals surface area contributed by atoms with E-state index in [1.807, 2.05) is 38.1 Å². The second-order valence-corrected chi connectivity index (χ2v) is 9.85. The van der Waals surface area contributed by atoms with Crippen LogP contribution in [0.5, 0.6) is 0 Å². The molecule has 2 aliphatic rings.